The molecule has 7 atom stereocenters. The maximum Gasteiger partial charge on any atom is 0.349 e. The normalized spacial score (nSPS) is 35.4. The molecule has 8 nitrogen and oxygen atoms in total. The fourth-order valence-corrected chi connectivity index (χ4v) is 11.3. The Labute approximate surface area is 233 Å². The summed E-state index contributed by atoms with van der Waals surface area (Å²) in [4.78, 5) is 13.6. The molecule has 3 fully saturated rings. The molecule has 9 heteroatoms. The Morgan fingerprint density at radius 3 is 2.36 bits per heavy atom. The summed E-state index contributed by atoms with van der Waals surface area (Å²) >= 11 is 0. The van der Waals surface area contributed by atoms with Gasteiger partial charge in [-0.05, 0) is 19.4 Å². The molecule has 0 spiro atoms. The van der Waals surface area contributed by atoms with Crippen LogP contribution in [0.25, 0.3) is 0 Å². The van der Waals surface area contributed by atoms with Gasteiger partial charge in [0.15, 0.2) is 17.9 Å². The molecule has 0 saturated carbocycles. The van der Waals surface area contributed by atoms with E-state index < -0.39 is 45.1 Å². The van der Waals surface area contributed by atoms with Gasteiger partial charge in [-0.1, -0.05) is 84.0 Å². The van der Waals surface area contributed by atoms with E-state index in [0.717, 1.165) is 5.56 Å². The van der Waals surface area contributed by atoms with Crippen molar-refractivity contribution >= 4 is 14.3 Å². The van der Waals surface area contributed by atoms with Gasteiger partial charge in [0, 0.05) is 16.5 Å². The largest absolute Gasteiger partial charge is 0.391 e. The van der Waals surface area contributed by atoms with Gasteiger partial charge in [0.05, 0.1) is 25.4 Å². The van der Waals surface area contributed by atoms with Crippen LogP contribution in [0.1, 0.15) is 67.4 Å². The molecule has 4 aliphatic heterocycles. The lowest BCUT2D eigenvalue weighted by molar-refractivity contribution is -0.219. The van der Waals surface area contributed by atoms with E-state index in [2.05, 4.69) is 47.6 Å². The van der Waals surface area contributed by atoms with E-state index in [4.69, 9.17) is 32.5 Å². The lowest BCUT2D eigenvalue weighted by Crippen LogP contribution is -2.65. The van der Waals surface area contributed by atoms with Gasteiger partial charge in [0.2, 0.25) is 0 Å². The van der Waals surface area contributed by atoms with Crippen LogP contribution < -0.4 is 0 Å². The van der Waals surface area contributed by atoms with Crippen LogP contribution in [0.3, 0.4) is 0 Å². The number of carbonyl (C=O) groups excluding carboxylic acids is 1. The molecule has 0 N–H and O–H groups in total. The van der Waals surface area contributed by atoms with Gasteiger partial charge in [0.1, 0.15) is 24.4 Å². The number of ether oxygens (including phenoxy) is 5. The number of fused-ring (bicyclic) bond motifs is 2. The van der Waals surface area contributed by atoms with E-state index in [-0.39, 0.29) is 34.5 Å². The molecular formula is C30H44O8Si. The molecule has 0 aromatic heterocycles. The number of benzene rings is 1. The molecule has 1 aromatic carbocycles. The van der Waals surface area contributed by atoms with E-state index in [1.807, 2.05) is 50.3 Å². The number of Topliss-reactive ketones (excluding diaryl/α,β-unsaturated/α-hetero) is 1. The Balaban J connectivity index is 1.26. The molecule has 3 saturated heterocycles. The molecule has 0 radical (unpaired) electrons. The van der Waals surface area contributed by atoms with Crippen molar-refractivity contribution in [2.45, 2.75) is 127 Å². The highest BCUT2D eigenvalue weighted by molar-refractivity contribution is 6.73. The third kappa shape index (κ3) is 5.70. The monoisotopic (exact) mass is 560 g/mol. The third-order valence-electron chi connectivity index (χ3n) is 7.96. The first kappa shape index (κ1) is 29.1. The number of rotatable bonds is 6. The summed E-state index contributed by atoms with van der Waals surface area (Å²) in [6.07, 6.45) is 0.750. The van der Waals surface area contributed by atoms with E-state index in [1.54, 1.807) is 0 Å². The van der Waals surface area contributed by atoms with Crippen LogP contribution >= 0.6 is 0 Å². The topological polar surface area (TPSA) is 81.7 Å². The first-order chi connectivity index (χ1) is 18.2. The van der Waals surface area contributed by atoms with Crippen molar-refractivity contribution in [2.75, 3.05) is 6.61 Å². The van der Waals surface area contributed by atoms with Gasteiger partial charge in [-0.3, -0.25) is 4.79 Å². The number of carbonyl (C=O) groups is 1. The number of hydrogen-bond donors (Lipinski definition) is 0. The minimum absolute atomic E-state index is 0.105. The van der Waals surface area contributed by atoms with Crippen molar-refractivity contribution in [3.63, 3.8) is 0 Å². The molecule has 39 heavy (non-hydrogen) atoms. The molecule has 0 unspecified atom stereocenters. The predicted molar refractivity (Wildman–Crippen MR) is 147 cm³/mol. The van der Waals surface area contributed by atoms with Gasteiger partial charge in [-0.25, -0.2) is 0 Å². The van der Waals surface area contributed by atoms with Crippen molar-refractivity contribution in [1.82, 2.24) is 0 Å². The summed E-state index contributed by atoms with van der Waals surface area (Å²) in [6, 6.07) is 9.86. The minimum atomic E-state index is -2.60. The van der Waals surface area contributed by atoms with Crippen molar-refractivity contribution in [1.29, 1.82) is 0 Å². The van der Waals surface area contributed by atoms with Crippen molar-refractivity contribution < 1.29 is 37.3 Å². The zero-order chi connectivity index (χ0) is 28.2. The first-order valence-electron chi connectivity index (χ1n) is 14.0. The summed E-state index contributed by atoms with van der Waals surface area (Å²) in [5.41, 5.74) is 1.01. The van der Waals surface area contributed by atoms with Crippen molar-refractivity contribution in [3.05, 3.63) is 48.0 Å². The Bertz CT molecular complexity index is 1040. The average Bonchev–Trinajstić information content (AvgIpc) is 3.33. The second-order valence-corrected chi connectivity index (χ2v) is 18.3. The third-order valence-corrected chi connectivity index (χ3v) is 13.1. The molecule has 4 heterocycles. The first-order valence-corrected chi connectivity index (χ1v) is 15.9. The molecule has 0 aliphatic carbocycles. The fraction of sp³-hybridized carbons (Fsp3) is 0.700. The molecule has 5 rings (SSSR count). The average molecular weight is 561 g/mol. The summed E-state index contributed by atoms with van der Waals surface area (Å²) in [5, 5.41) is -0.218. The molecule has 0 bridgehead atoms. The van der Waals surface area contributed by atoms with Crippen LogP contribution in [-0.4, -0.2) is 69.7 Å². The second-order valence-electron chi connectivity index (χ2n) is 13.6. The van der Waals surface area contributed by atoms with Gasteiger partial charge < -0.3 is 32.5 Å². The highest BCUT2D eigenvalue weighted by Crippen LogP contribution is 2.54. The Kier molecular flexibility index (Phi) is 7.78. The maximum atomic E-state index is 13.6. The van der Waals surface area contributed by atoms with Crippen molar-refractivity contribution in [2.24, 2.45) is 0 Å². The zero-order valence-electron chi connectivity index (χ0n) is 24.5. The van der Waals surface area contributed by atoms with Crippen LogP contribution in [0.15, 0.2) is 42.5 Å². The highest BCUT2D eigenvalue weighted by Gasteiger charge is 2.62. The standard InChI is InChI=1S/C30H44O8Si/c1-28(2,3)39(29(4,5)6)33-18-23-22(38-39)15-14-20(34-23)16-21(31)24-25(32-17-19-12-10-9-11-13-19)26-27(35-24)37-30(7,8)36-26/h9-15,20,22-27H,16-18H2,1-8H3/t20-,22+,23+,24+,25-,26+,27+/m0/s1. The predicted octanol–water partition coefficient (Wildman–Crippen LogP) is 5.19. The van der Waals surface area contributed by atoms with Gasteiger partial charge >= 0.3 is 8.56 Å². The van der Waals surface area contributed by atoms with Gasteiger partial charge in [-0.2, -0.15) is 0 Å². The summed E-state index contributed by atoms with van der Waals surface area (Å²) in [5.74, 6) is -0.909. The SMILES string of the molecule is CC1(C)O[C@H]2O[C@H](C(=O)C[C@@H]3C=C[C@H]4O[Si](C(C)(C)C)(C(C)(C)C)OC[C@H]4O3)[C@H](OCc3ccccc3)[C@H]2O1. The van der Waals surface area contributed by atoms with Crippen molar-refractivity contribution in [3.8, 4) is 0 Å². The summed E-state index contributed by atoms with van der Waals surface area (Å²) < 4.78 is 44.0. The summed E-state index contributed by atoms with van der Waals surface area (Å²) in [6.45, 7) is 17.6. The smallest absolute Gasteiger partial charge is 0.349 e. The molecule has 0 amide bonds. The van der Waals surface area contributed by atoms with Crippen LogP contribution in [0, 0.1) is 0 Å². The van der Waals surface area contributed by atoms with Crippen LogP contribution in [0.2, 0.25) is 10.1 Å². The zero-order valence-corrected chi connectivity index (χ0v) is 25.5. The fourth-order valence-electron chi connectivity index (χ4n) is 6.41. The summed E-state index contributed by atoms with van der Waals surface area (Å²) in [7, 11) is -2.60. The lowest BCUT2D eigenvalue weighted by Gasteiger charge is -2.55. The molecule has 216 valence electrons. The molecule has 4 aliphatic rings. The Hall–Kier alpha value is -1.43. The number of ketones is 1. The Morgan fingerprint density at radius 2 is 1.69 bits per heavy atom. The maximum absolute atomic E-state index is 13.6. The highest BCUT2D eigenvalue weighted by atomic mass is 28.4. The molecule has 1 aromatic rings. The molecular weight excluding hydrogens is 516 g/mol. The lowest BCUT2D eigenvalue weighted by atomic mass is 9.99. The number of hydrogen-bond acceptors (Lipinski definition) is 8. The van der Waals surface area contributed by atoms with Crippen LogP contribution in [-0.2, 0) is 43.9 Å². The van der Waals surface area contributed by atoms with Gasteiger partial charge in [0.25, 0.3) is 0 Å². The second kappa shape index (κ2) is 10.4. The quantitative estimate of drug-likeness (QED) is 0.347. The van der Waals surface area contributed by atoms with E-state index in [1.165, 1.54) is 0 Å². The van der Waals surface area contributed by atoms with Crippen LogP contribution in [0.5, 0.6) is 0 Å². The van der Waals surface area contributed by atoms with Gasteiger partial charge in [-0.15, -0.1) is 0 Å². The van der Waals surface area contributed by atoms with E-state index >= 15 is 0 Å². The minimum Gasteiger partial charge on any atom is -0.391 e. The van der Waals surface area contributed by atoms with E-state index in [0.29, 0.717) is 13.2 Å². The van der Waals surface area contributed by atoms with E-state index in [9.17, 15) is 4.79 Å². The Morgan fingerprint density at radius 1 is 1.00 bits per heavy atom. The van der Waals surface area contributed by atoms with Crippen LogP contribution in [0.4, 0.5) is 0 Å².